The average molecular weight is 386 g/mol. The maximum Gasteiger partial charge on any atom is 0.384 e. The Morgan fingerprint density at radius 2 is 0.731 bits per heavy atom. The predicted molar refractivity (Wildman–Crippen MR) is 118 cm³/mol. The van der Waals surface area contributed by atoms with E-state index in [-0.39, 0.29) is 0 Å². The third-order valence-corrected chi connectivity index (χ3v) is 7.08. The van der Waals surface area contributed by atoms with E-state index in [4.69, 9.17) is 8.85 Å². The van der Waals surface area contributed by atoms with Gasteiger partial charge in [-0.05, 0) is 19.9 Å². The van der Waals surface area contributed by atoms with Crippen LogP contribution < -0.4 is 0 Å². The summed E-state index contributed by atoms with van der Waals surface area (Å²) in [5, 5.41) is 0. The Morgan fingerprint density at radius 3 is 1.04 bits per heavy atom. The fourth-order valence-electron chi connectivity index (χ4n) is 3.50. The number of rotatable bonds is 22. The maximum atomic E-state index is 5.69. The van der Waals surface area contributed by atoms with Gasteiger partial charge in [-0.25, -0.2) is 0 Å². The van der Waals surface area contributed by atoms with Crippen LogP contribution in [0.3, 0.4) is 0 Å². The summed E-state index contributed by atoms with van der Waals surface area (Å²) in [5.74, 6) is 0. The standard InChI is InChI=1S/C23H49O2Si/c1-4-7-8-9-10-11-12-13-14-15-16-17-18-19-20-21-22-23-26(24-5-2)25-6-3/h4-23H2,1-3H3. The van der Waals surface area contributed by atoms with Crippen molar-refractivity contribution in [1.29, 1.82) is 0 Å². The summed E-state index contributed by atoms with van der Waals surface area (Å²) in [6.45, 7) is 8.03. The summed E-state index contributed by atoms with van der Waals surface area (Å²) in [5.41, 5.74) is 0. The van der Waals surface area contributed by atoms with Crippen molar-refractivity contribution in [1.82, 2.24) is 0 Å². The van der Waals surface area contributed by atoms with E-state index >= 15 is 0 Å². The molecule has 0 amide bonds. The molecule has 0 aromatic heterocycles. The Bertz CT molecular complexity index is 242. The molecule has 0 aromatic rings. The minimum absolute atomic E-state index is 0.799. The van der Waals surface area contributed by atoms with E-state index in [9.17, 15) is 0 Å². The van der Waals surface area contributed by atoms with Gasteiger partial charge in [0.2, 0.25) is 0 Å². The molecular formula is C23H49O2Si. The minimum Gasteiger partial charge on any atom is -0.394 e. The molecule has 0 saturated carbocycles. The van der Waals surface area contributed by atoms with Gasteiger partial charge in [0.15, 0.2) is 0 Å². The number of unbranched alkanes of at least 4 members (excludes halogenated alkanes) is 16. The Balaban J connectivity index is 3.13. The lowest BCUT2D eigenvalue weighted by Crippen LogP contribution is -2.22. The van der Waals surface area contributed by atoms with Crippen LogP contribution in [0, 0.1) is 0 Å². The van der Waals surface area contributed by atoms with E-state index in [0.717, 1.165) is 19.3 Å². The van der Waals surface area contributed by atoms with Crippen LogP contribution in [0.2, 0.25) is 6.04 Å². The summed E-state index contributed by atoms with van der Waals surface area (Å²) in [7, 11) is -0.966. The highest BCUT2D eigenvalue weighted by atomic mass is 28.3. The van der Waals surface area contributed by atoms with Gasteiger partial charge in [-0.15, -0.1) is 0 Å². The highest BCUT2D eigenvalue weighted by Gasteiger charge is 2.13. The molecule has 157 valence electrons. The molecule has 0 heterocycles. The second-order valence-corrected chi connectivity index (χ2v) is 9.47. The largest absolute Gasteiger partial charge is 0.394 e. The zero-order valence-electron chi connectivity index (χ0n) is 18.5. The van der Waals surface area contributed by atoms with Crippen LogP contribution in [0.25, 0.3) is 0 Å². The van der Waals surface area contributed by atoms with Gasteiger partial charge in [0.25, 0.3) is 0 Å². The summed E-state index contributed by atoms with van der Waals surface area (Å²) in [6.07, 6.45) is 24.3. The molecule has 0 atom stereocenters. The van der Waals surface area contributed by atoms with Crippen LogP contribution in [0.4, 0.5) is 0 Å². The smallest absolute Gasteiger partial charge is 0.384 e. The lowest BCUT2D eigenvalue weighted by atomic mass is 10.0. The zero-order chi connectivity index (χ0) is 19.1. The Kier molecular flexibility index (Phi) is 23.3. The Labute approximate surface area is 167 Å². The van der Waals surface area contributed by atoms with Gasteiger partial charge in [0.1, 0.15) is 0 Å². The fourth-order valence-corrected chi connectivity index (χ4v) is 5.06. The molecule has 0 N–H and O–H groups in total. The monoisotopic (exact) mass is 385 g/mol. The van der Waals surface area contributed by atoms with Crippen molar-refractivity contribution >= 4 is 9.28 Å². The normalized spacial score (nSPS) is 11.5. The molecule has 1 radical (unpaired) electrons. The van der Waals surface area contributed by atoms with Crippen molar-refractivity contribution in [2.75, 3.05) is 13.2 Å². The molecule has 0 spiro atoms. The van der Waals surface area contributed by atoms with Crippen LogP contribution in [-0.4, -0.2) is 22.5 Å². The average Bonchev–Trinajstić information content (AvgIpc) is 2.64. The predicted octanol–water partition coefficient (Wildman–Crippen LogP) is 8.20. The highest BCUT2D eigenvalue weighted by Crippen LogP contribution is 2.15. The Morgan fingerprint density at radius 1 is 0.423 bits per heavy atom. The number of hydrogen-bond donors (Lipinski definition) is 0. The minimum atomic E-state index is -0.966. The molecule has 0 rings (SSSR count). The molecule has 0 aromatic carbocycles. The van der Waals surface area contributed by atoms with Crippen LogP contribution >= 0.6 is 0 Å². The van der Waals surface area contributed by atoms with Crippen LogP contribution in [0.15, 0.2) is 0 Å². The van der Waals surface area contributed by atoms with Gasteiger partial charge in [-0.3, -0.25) is 0 Å². The first-order valence-corrected chi connectivity index (χ1v) is 13.5. The van der Waals surface area contributed by atoms with E-state index in [1.807, 2.05) is 0 Å². The quantitative estimate of drug-likeness (QED) is 0.138. The van der Waals surface area contributed by atoms with E-state index in [1.54, 1.807) is 0 Å². The third-order valence-electron chi connectivity index (χ3n) is 5.10. The molecular weight excluding hydrogens is 336 g/mol. The van der Waals surface area contributed by atoms with E-state index in [1.165, 1.54) is 109 Å². The SMILES string of the molecule is CCCCCCCCCCCCCCCCCCC[Si](OCC)OCC. The van der Waals surface area contributed by atoms with Crippen LogP contribution in [-0.2, 0) is 8.85 Å². The van der Waals surface area contributed by atoms with Gasteiger partial charge in [0, 0.05) is 13.2 Å². The van der Waals surface area contributed by atoms with Crippen molar-refractivity contribution in [2.24, 2.45) is 0 Å². The summed E-state index contributed by atoms with van der Waals surface area (Å²) in [4.78, 5) is 0. The van der Waals surface area contributed by atoms with Gasteiger partial charge in [-0.2, -0.15) is 0 Å². The second-order valence-electron chi connectivity index (χ2n) is 7.64. The fraction of sp³-hybridized carbons (Fsp3) is 1.00. The first-order chi connectivity index (χ1) is 12.8. The van der Waals surface area contributed by atoms with Gasteiger partial charge < -0.3 is 8.85 Å². The Hall–Kier alpha value is 0.137. The highest BCUT2D eigenvalue weighted by molar-refractivity contribution is 6.44. The zero-order valence-corrected chi connectivity index (χ0v) is 19.5. The van der Waals surface area contributed by atoms with E-state index in [0.29, 0.717) is 0 Å². The van der Waals surface area contributed by atoms with Crippen LogP contribution in [0.5, 0.6) is 0 Å². The molecule has 0 aliphatic heterocycles. The van der Waals surface area contributed by atoms with Gasteiger partial charge in [-0.1, -0.05) is 116 Å². The molecule has 3 heteroatoms. The molecule has 2 nitrogen and oxygen atoms in total. The molecule has 0 fully saturated rings. The lowest BCUT2D eigenvalue weighted by molar-refractivity contribution is 0.212. The summed E-state index contributed by atoms with van der Waals surface area (Å²) in [6, 6.07) is 1.16. The second kappa shape index (κ2) is 23.2. The summed E-state index contributed by atoms with van der Waals surface area (Å²) < 4.78 is 11.4. The van der Waals surface area contributed by atoms with E-state index < -0.39 is 9.28 Å². The lowest BCUT2D eigenvalue weighted by Gasteiger charge is -2.12. The van der Waals surface area contributed by atoms with Crippen molar-refractivity contribution in [3.63, 3.8) is 0 Å². The van der Waals surface area contributed by atoms with Crippen molar-refractivity contribution in [3.8, 4) is 0 Å². The number of hydrogen-bond acceptors (Lipinski definition) is 2. The first kappa shape index (κ1) is 26.1. The molecule has 26 heavy (non-hydrogen) atoms. The molecule has 0 aliphatic rings. The van der Waals surface area contributed by atoms with E-state index in [2.05, 4.69) is 20.8 Å². The van der Waals surface area contributed by atoms with Crippen LogP contribution in [0.1, 0.15) is 130 Å². The topological polar surface area (TPSA) is 18.5 Å². The molecule has 0 unspecified atom stereocenters. The van der Waals surface area contributed by atoms with Gasteiger partial charge >= 0.3 is 9.28 Å². The molecule has 0 aliphatic carbocycles. The first-order valence-electron chi connectivity index (χ1n) is 12.0. The van der Waals surface area contributed by atoms with Gasteiger partial charge in [0.05, 0.1) is 0 Å². The van der Waals surface area contributed by atoms with Crippen molar-refractivity contribution in [3.05, 3.63) is 0 Å². The summed E-state index contributed by atoms with van der Waals surface area (Å²) >= 11 is 0. The maximum absolute atomic E-state index is 5.69. The molecule has 0 bridgehead atoms. The van der Waals surface area contributed by atoms with Crippen molar-refractivity contribution < 1.29 is 8.85 Å². The third kappa shape index (κ3) is 20.4. The molecule has 0 saturated heterocycles. The van der Waals surface area contributed by atoms with Crippen molar-refractivity contribution in [2.45, 2.75) is 136 Å².